The summed E-state index contributed by atoms with van der Waals surface area (Å²) in [4.78, 5) is 29.3. The number of benzene rings is 2. The number of allylic oxidation sites excluding steroid dienone is 1. The summed E-state index contributed by atoms with van der Waals surface area (Å²) in [6, 6.07) is 8.43. The van der Waals surface area contributed by atoms with Gasteiger partial charge in [0, 0.05) is 37.4 Å². The number of rotatable bonds is 5. The predicted octanol–water partition coefficient (Wildman–Crippen LogP) is 5.09. The van der Waals surface area contributed by atoms with Gasteiger partial charge in [0.1, 0.15) is 11.3 Å². The molecule has 1 saturated heterocycles. The smallest absolute Gasteiger partial charge is 0.339 e. The molecule has 2 N–H and O–H groups in total. The van der Waals surface area contributed by atoms with Gasteiger partial charge in [-0.05, 0) is 77.8 Å². The third-order valence-corrected chi connectivity index (χ3v) is 7.71. The molecule has 1 aliphatic carbocycles. The zero-order valence-electron chi connectivity index (χ0n) is 21.4. The van der Waals surface area contributed by atoms with Crippen LogP contribution in [0.1, 0.15) is 77.9 Å². The molecule has 0 unspecified atom stereocenters. The van der Waals surface area contributed by atoms with Crippen LogP contribution in [0.3, 0.4) is 0 Å². The lowest BCUT2D eigenvalue weighted by Gasteiger charge is -2.46. The molecule has 0 atom stereocenters. The van der Waals surface area contributed by atoms with E-state index in [1.54, 1.807) is 12.1 Å². The summed E-state index contributed by atoms with van der Waals surface area (Å²) >= 11 is 0. The van der Waals surface area contributed by atoms with Crippen LogP contribution in [-0.2, 0) is 10.8 Å². The average Bonchev–Trinajstić information content (AvgIpc) is 2.80. The maximum atomic E-state index is 13.4. The normalized spacial score (nSPS) is 19.5. The van der Waals surface area contributed by atoms with E-state index in [0.717, 1.165) is 39.0 Å². The number of piperazine rings is 1. The molecule has 6 heteroatoms. The van der Waals surface area contributed by atoms with Crippen LogP contribution in [0.25, 0.3) is 6.08 Å². The first-order valence-corrected chi connectivity index (χ1v) is 12.3. The van der Waals surface area contributed by atoms with Crippen molar-refractivity contribution >= 4 is 23.5 Å². The Balaban J connectivity index is 1.74. The number of likely N-dealkylation sites (N-methyl/N-ethyl adjacent to an activating group) is 1. The minimum atomic E-state index is -1.19. The van der Waals surface area contributed by atoms with Crippen molar-refractivity contribution in [3.05, 3.63) is 64.2 Å². The van der Waals surface area contributed by atoms with E-state index in [1.807, 2.05) is 0 Å². The van der Waals surface area contributed by atoms with E-state index in [0.29, 0.717) is 11.1 Å². The second-order valence-electron chi connectivity index (χ2n) is 11.3. The van der Waals surface area contributed by atoms with Crippen LogP contribution in [0.2, 0.25) is 0 Å². The van der Waals surface area contributed by atoms with E-state index < -0.39 is 5.97 Å². The summed E-state index contributed by atoms with van der Waals surface area (Å²) in [5, 5.41) is 19.1. The van der Waals surface area contributed by atoms with Gasteiger partial charge in [0.05, 0.1) is 0 Å². The number of fused-ring (bicyclic) bond motifs is 1. The Morgan fingerprint density at radius 1 is 0.943 bits per heavy atom. The Morgan fingerprint density at radius 3 is 2.23 bits per heavy atom. The molecule has 0 saturated carbocycles. The monoisotopic (exact) mass is 476 g/mol. The molecule has 1 fully saturated rings. The van der Waals surface area contributed by atoms with Crippen molar-refractivity contribution in [3.8, 4) is 5.75 Å². The largest absolute Gasteiger partial charge is 0.507 e. The highest BCUT2D eigenvalue weighted by atomic mass is 16.4. The second kappa shape index (κ2) is 9.15. The molecule has 1 heterocycles. The van der Waals surface area contributed by atoms with Crippen LogP contribution < -0.4 is 4.90 Å². The van der Waals surface area contributed by atoms with Crippen molar-refractivity contribution in [2.75, 3.05) is 38.1 Å². The van der Waals surface area contributed by atoms with E-state index in [4.69, 9.17) is 5.11 Å². The summed E-state index contributed by atoms with van der Waals surface area (Å²) in [6.45, 7) is 13.0. The summed E-state index contributed by atoms with van der Waals surface area (Å²) in [7, 11) is 2.14. The Labute approximate surface area is 207 Å². The number of hydrogen-bond acceptors (Lipinski definition) is 5. The molecule has 2 aromatic rings. The van der Waals surface area contributed by atoms with Crippen LogP contribution in [0.5, 0.6) is 5.75 Å². The quantitative estimate of drug-likeness (QED) is 0.462. The molecule has 1 aliphatic heterocycles. The summed E-state index contributed by atoms with van der Waals surface area (Å²) in [6.07, 6.45) is 5.30. The maximum absolute atomic E-state index is 13.4. The highest BCUT2D eigenvalue weighted by Crippen LogP contribution is 2.50. The van der Waals surface area contributed by atoms with E-state index >= 15 is 0 Å². The number of aromatic hydroxyl groups is 1. The van der Waals surface area contributed by atoms with Gasteiger partial charge in [-0.3, -0.25) is 4.79 Å². The van der Waals surface area contributed by atoms with Crippen LogP contribution in [0, 0.1) is 0 Å². The van der Waals surface area contributed by atoms with E-state index in [1.165, 1.54) is 35.0 Å². The molecule has 35 heavy (non-hydrogen) atoms. The fourth-order valence-corrected chi connectivity index (χ4v) is 5.30. The van der Waals surface area contributed by atoms with Crippen LogP contribution >= 0.6 is 0 Å². The number of carboxylic acid groups (broad SMARTS) is 1. The standard InChI is InChI=1S/C29H36N2O4/c1-28(2)10-11-29(3,4)26-22(28)17-20(18-23(26)31-14-12-30(5)13-15-31)24(32)9-7-19-6-8-21(27(34)35)25(33)16-19/h6-9,16-18,33H,10-15H2,1-5H3,(H,34,35). The van der Waals surface area contributed by atoms with Gasteiger partial charge < -0.3 is 20.0 Å². The molecule has 6 nitrogen and oxygen atoms in total. The van der Waals surface area contributed by atoms with Crippen molar-refractivity contribution < 1.29 is 19.8 Å². The van der Waals surface area contributed by atoms with E-state index in [9.17, 15) is 14.7 Å². The fourth-order valence-electron chi connectivity index (χ4n) is 5.30. The molecule has 186 valence electrons. The number of anilines is 1. The minimum Gasteiger partial charge on any atom is -0.507 e. The lowest BCUT2D eigenvalue weighted by atomic mass is 9.62. The van der Waals surface area contributed by atoms with Gasteiger partial charge in [0.25, 0.3) is 0 Å². The Morgan fingerprint density at radius 2 is 1.60 bits per heavy atom. The Kier molecular flexibility index (Phi) is 6.54. The number of carbonyl (C=O) groups excluding carboxylic acids is 1. The van der Waals surface area contributed by atoms with Crippen molar-refractivity contribution in [1.29, 1.82) is 0 Å². The van der Waals surface area contributed by atoms with Crippen molar-refractivity contribution in [2.24, 2.45) is 0 Å². The number of carbonyl (C=O) groups is 2. The second-order valence-corrected chi connectivity index (χ2v) is 11.3. The third kappa shape index (κ3) is 4.98. The van der Waals surface area contributed by atoms with E-state index in [2.05, 4.69) is 56.7 Å². The molecule has 2 aromatic carbocycles. The number of nitrogens with zero attached hydrogens (tertiary/aromatic N) is 2. The van der Waals surface area contributed by atoms with Crippen molar-refractivity contribution in [2.45, 2.75) is 51.4 Å². The van der Waals surface area contributed by atoms with Gasteiger partial charge in [-0.25, -0.2) is 4.79 Å². The lowest BCUT2D eigenvalue weighted by molar-refractivity contribution is 0.0693. The van der Waals surface area contributed by atoms with Gasteiger partial charge in [0.2, 0.25) is 0 Å². The molecule has 0 bridgehead atoms. The van der Waals surface area contributed by atoms with Gasteiger partial charge in [-0.1, -0.05) is 39.8 Å². The molecule has 0 spiro atoms. The zero-order chi connectivity index (χ0) is 25.5. The first-order chi connectivity index (χ1) is 16.4. The van der Waals surface area contributed by atoms with Crippen LogP contribution in [0.4, 0.5) is 5.69 Å². The molecular formula is C29H36N2O4. The third-order valence-electron chi connectivity index (χ3n) is 7.71. The number of aromatic carboxylic acids is 1. The Bertz CT molecular complexity index is 1190. The SMILES string of the molecule is CN1CCN(c2cc(C(=O)C=Cc3ccc(C(=O)O)c(O)c3)cc3c2C(C)(C)CCC3(C)C)CC1. The molecule has 4 rings (SSSR count). The summed E-state index contributed by atoms with van der Waals surface area (Å²) < 4.78 is 0. The Hall–Kier alpha value is -3.12. The first kappa shape index (κ1) is 25.0. The topological polar surface area (TPSA) is 81.1 Å². The predicted molar refractivity (Wildman–Crippen MR) is 140 cm³/mol. The number of phenols is 1. The molecule has 0 aromatic heterocycles. The number of hydrogen-bond donors (Lipinski definition) is 2. The maximum Gasteiger partial charge on any atom is 0.339 e. The van der Waals surface area contributed by atoms with Gasteiger partial charge >= 0.3 is 5.97 Å². The summed E-state index contributed by atoms with van der Waals surface area (Å²) in [5.74, 6) is -1.61. The lowest BCUT2D eigenvalue weighted by Crippen LogP contribution is -2.46. The van der Waals surface area contributed by atoms with Gasteiger partial charge in [0.15, 0.2) is 5.78 Å². The summed E-state index contributed by atoms with van der Waals surface area (Å²) in [5.41, 5.74) is 4.87. The minimum absolute atomic E-state index is 0.0232. The van der Waals surface area contributed by atoms with E-state index in [-0.39, 0.29) is 27.9 Å². The van der Waals surface area contributed by atoms with Crippen molar-refractivity contribution in [3.63, 3.8) is 0 Å². The zero-order valence-corrected chi connectivity index (χ0v) is 21.4. The van der Waals surface area contributed by atoms with Crippen LogP contribution in [0.15, 0.2) is 36.4 Å². The highest BCUT2D eigenvalue weighted by Gasteiger charge is 2.40. The first-order valence-electron chi connectivity index (χ1n) is 12.3. The average molecular weight is 477 g/mol. The van der Waals surface area contributed by atoms with Crippen LogP contribution in [-0.4, -0.2) is 60.1 Å². The highest BCUT2D eigenvalue weighted by molar-refractivity contribution is 6.08. The van der Waals surface area contributed by atoms with Crippen molar-refractivity contribution in [1.82, 2.24) is 4.90 Å². The van der Waals surface area contributed by atoms with Gasteiger partial charge in [-0.15, -0.1) is 0 Å². The number of carboxylic acids is 1. The number of ketones is 1. The molecule has 0 radical (unpaired) electrons. The molecule has 0 amide bonds. The molecular weight excluding hydrogens is 440 g/mol. The molecule has 2 aliphatic rings. The van der Waals surface area contributed by atoms with Gasteiger partial charge in [-0.2, -0.15) is 0 Å². The fraction of sp³-hybridized carbons (Fsp3) is 0.448.